The van der Waals surface area contributed by atoms with Crippen LogP contribution in [-0.2, 0) is 21.8 Å². The Morgan fingerprint density at radius 3 is 2.75 bits per heavy atom. The molecule has 0 atom stereocenters. The lowest BCUT2D eigenvalue weighted by Gasteiger charge is -2.11. The zero-order chi connectivity index (χ0) is 16.9. The van der Waals surface area contributed by atoms with Crippen LogP contribution < -0.4 is 5.56 Å². The van der Waals surface area contributed by atoms with E-state index in [0.29, 0.717) is 21.8 Å². The Labute approximate surface area is 142 Å². The van der Waals surface area contributed by atoms with Gasteiger partial charge in [0.1, 0.15) is 6.54 Å². The first-order chi connectivity index (χ1) is 11.7. The van der Waals surface area contributed by atoms with Crippen molar-refractivity contribution in [2.45, 2.75) is 17.5 Å². The number of esters is 1. The van der Waals surface area contributed by atoms with Gasteiger partial charge in [0, 0.05) is 11.9 Å². The first-order valence-electron chi connectivity index (χ1n) is 7.28. The Bertz CT molecular complexity index is 925. The second-order valence-electron chi connectivity index (χ2n) is 4.99. The van der Waals surface area contributed by atoms with Crippen molar-refractivity contribution in [3.63, 3.8) is 0 Å². The van der Waals surface area contributed by atoms with Gasteiger partial charge in [0.25, 0.3) is 5.56 Å². The predicted octanol–water partition coefficient (Wildman–Crippen LogP) is 2.26. The van der Waals surface area contributed by atoms with E-state index in [1.165, 1.54) is 23.4 Å². The molecule has 0 N–H and O–H groups in total. The number of methoxy groups -OCH3 is 1. The molecular formula is C17H15N3O3S. The van der Waals surface area contributed by atoms with Crippen LogP contribution in [0.15, 0.2) is 58.6 Å². The molecule has 0 aliphatic rings. The van der Waals surface area contributed by atoms with E-state index >= 15 is 0 Å². The zero-order valence-corrected chi connectivity index (χ0v) is 13.8. The largest absolute Gasteiger partial charge is 0.468 e. The Morgan fingerprint density at radius 1 is 1.21 bits per heavy atom. The molecule has 1 aromatic carbocycles. The number of benzene rings is 1. The molecule has 0 spiro atoms. The van der Waals surface area contributed by atoms with Gasteiger partial charge in [-0.2, -0.15) is 0 Å². The highest BCUT2D eigenvalue weighted by molar-refractivity contribution is 7.98. The van der Waals surface area contributed by atoms with Crippen LogP contribution in [0.4, 0.5) is 0 Å². The molecule has 0 unspecified atom stereocenters. The summed E-state index contributed by atoms with van der Waals surface area (Å²) >= 11 is 1.36. The molecule has 0 aliphatic heterocycles. The highest BCUT2D eigenvalue weighted by Gasteiger charge is 2.14. The van der Waals surface area contributed by atoms with Crippen LogP contribution in [-0.4, -0.2) is 27.6 Å². The highest BCUT2D eigenvalue weighted by atomic mass is 32.2. The minimum absolute atomic E-state index is 0.169. The lowest BCUT2D eigenvalue weighted by atomic mass is 10.2. The standard InChI is InChI=1S/C17H15N3O3S/c1-23-15(21)10-20-16(22)13-7-2-3-8-14(13)19-17(20)24-11-12-6-4-5-9-18-12/h2-9H,10-11H2,1H3. The van der Waals surface area contributed by atoms with E-state index in [2.05, 4.69) is 9.97 Å². The summed E-state index contributed by atoms with van der Waals surface area (Å²) in [5.74, 6) is 0.0566. The van der Waals surface area contributed by atoms with Gasteiger partial charge in [-0.25, -0.2) is 4.98 Å². The summed E-state index contributed by atoms with van der Waals surface area (Å²) in [7, 11) is 1.29. The van der Waals surface area contributed by atoms with E-state index < -0.39 is 5.97 Å². The minimum atomic E-state index is -0.492. The van der Waals surface area contributed by atoms with E-state index in [-0.39, 0.29) is 12.1 Å². The first kappa shape index (κ1) is 16.2. The Balaban J connectivity index is 2.01. The van der Waals surface area contributed by atoms with Crippen LogP contribution in [0.1, 0.15) is 5.69 Å². The molecule has 24 heavy (non-hydrogen) atoms. The maximum Gasteiger partial charge on any atom is 0.325 e. The van der Waals surface area contributed by atoms with Crippen molar-refractivity contribution in [1.82, 2.24) is 14.5 Å². The van der Waals surface area contributed by atoms with Crippen molar-refractivity contribution in [2.75, 3.05) is 7.11 Å². The number of thioether (sulfide) groups is 1. The average Bonchev–Trinajstić information content (AvgIpc) is 2.63. The maximum atomic E-state index is 12.7. The Kier molecular flexibility index (Phi) is 4.90. The molecule has 2 aromatic heterocycles. The molecule has 0 saturated heterocycles. The fourth-order valence-electron chi connectivity index (χ4n) is 2.21. The summed E-state index contributed by atoms with van der Waals surface area (Å²) in [4.78, 5) is 33.1. The molecular weight excluding hydrogens is 326 g/mol. The molecule has 0 amide bonds. The van der Waals surface area contributed by atoms with Gasteiger partial charge < -0.3 is 4.74 Å². The third-order valence-electron chi connectivity index (χ3n) is 3.42. The summed E-state index contributed by atoms with van der Waals surface area (Å²) in [5, 5.41) is 0.943. The zero-order valence-electron chi connectivity index (χ0n) is 13.0. The van der Waals surface area contributed by atoms with Gasteiger partial charge in [0.05, 0.1) is 23.7 Å². The number of hydrogen-bond acceptors (Lipinski definition) is 6. The van der Waals surface area contributed by atoms with Gasteiger partial charge in [-0.1, -0.05) is 30.0 Å². The molecule has 3 rings (SSSR count). The summed E-state index contributed by atoms with van der Waals surface area (Å²) in [6.07, 6.45) is 1.71. The van der Waals surface area contributed by atoms with Crippen molar-refractivity contribution in [3.8, 4) is 0 Å². The fourth-order valence-corrected chi connectivity index (χ4v) is 3.13. The average molecular weight is 341 g/mol. The van der Waals surface area contributed by atoms with Crippen molar-refractivity contribution in [2.24, 2.45) is 0 Å². The molecule has 3 aromatic rings. The number of fused-ring (bicyclic) bond motifs is 1. The van der Waals surface area contributed by atoms with Crippen molar-refractivity contribution in [3.05, 3.63) is 64.7 Å². The second-order valence-corrected chi connectivity index (χ2v) is 5.93. The van der Waals surface area contributed by atoms with E-state index in [9.17, 15) is 9.59 Å². The number of pyridine rings is 1. The van der Waals surface area contributed by atoms with Crippen LogP contribution in [0.2, 0.25) is 0 Å². The molecule has 0 fully saturated rings. The predicted molar refractivity (Wildman–Crippen MR) is 91.8 cm³/mol. The third kappa shape index (κ3) is 3.46. The molecule has 0 radical (unpaired) electrons. The number of aromatic nitrogens is 3. The Morgan fingerprint density at radius 2 is 2.00 bits per heavy atom. The fraction of sp³-hybridized carbons (Fsp3) is 0.176. The quantitative estimate of drug-likeness (QED) is 0.403. The summed E-state index contributed by atoms with van der Waals surface area (Å²) in [6, 6.07) is 12.7. The summed E-state index contributed by atoms with van der Waals surface area (Å²) in [6.45, 7) is -0.169. The van der Waals surface area contributed by atoms with Gasteiger partial charge in [0.2, 0.25) is 0 Å². The van der Waals surface area contributed by atoms with Crippen LogP contribution in [0.5, 0.6) is 0 Å². The Hall–Kier alpha value is -2.67. The van der Waals surface area contributed by atoms with Gasteiger partial charge in [0.15, 0.2) is 5.16 Å². The molecule has 2 heterocycles. The second kappa shape index (κ2) is 7.27. The number of hydrogen-bond donors (Lipinski definition) is 0. The number of ether oxygens (including phenoxy) is 1. The van der Waals surface area contributed by atoms with E-state index in [4.69, 9.17) is 4.74 Å². The smallest absolute Gasteiger partial charge is 0.325 e. The number of para-hydroxylation sites is 1. The topological polar surface area (TPSA) is 74.1 Å². The number of rotatable bonds is 5. The molecule has 6 nitrogen and oxygen atoms in total. The van der Waals surface area contributed by atoms with Gasteiger partial charge in [-0.05, 0) is 24.3 Å². The molecule has 7 heteroatoms. The van der Waals surface area contributed by atoms with Crippen molar-refractivity contribution >= 4 is 28.6 Å². The van der Waals surface area contributed by atoms with Crippen LogP contribution in [0, 0.1) is 0 Å². The third-order valence-corrected chi connectivity index (χ3v) is 4.43. The number of nitrogens with zero attached hydrogens (tertiary/aromatic N) is 3. The van der Waals surface area contributed by atoms with Crippen LogP contribution in [0.3, 0.4) is 0 Å². The van der Waals surface area contributed by atoms with Crippen molar-refractivity contribution < 1.29 is 9.53 Å². The highest BCUT2D eigenvalue weighted by Crippen LogP contribution is 2.21. The van der Waals surface area contributed by atoms with Gasteiger partial charge in [-0.3, -0.25) is 19.1 Å². The summed E-state index contributed by atoms with van der Waals surface area (Å²) < 4.78 is 6.04. The van der Waals surface area contributed by atoms with E-state index in [1.54, 1.807) is 24.4 Å². The first-order valence-corrected chi connectivity index (χ1v) is 8.26. The maximum absolute atomic E-state index is 12.7. The van der Waals surface area contributed by atoms with Gasteiger partial charge in [-0.15, -0.1) is 0 Å². The number of carbonyl (C=O) groups is 1. The van der Waals surface area contributed by atoms with Gasteiger partial charge >= 0.3 is 5.97 Å². The minimum Gasteiger partial charge on any atom is -0.468 e. The molecule has 0 saturated carbocycles. The van der Waals surface area contributed by atoms with E-state index in [0.717, 1.165) is 5.69 Å². The number of carbonyl (C=O) groups excluding carboxylic acids is 1. The molecule has 122 valence electrons. The normalized spacial score (nSPS) is 10.7. The monoisotopic (exact) mass is 341 g/mol. The molecule has 0 bridgehead atoms. The lowest BCUT2D eigenvalue weighted by molar-refractivity contribution is -0.141. The lowest BCUT2D eigenvalue weighted by Crippen LogP contribution is -2.27. The van der Waals surface area contributed by atoms with Crippen molar-refractivity contribution in [1.29, 1.82) is 0 Å². The molecule has 0 aliphatic carbocycles. The van der Waals surface area contributed by atoms with Crippen LogP contribution in [0.25, 0.3) is 10.9 Å². The SMILES string of the molecule is COC(=O)Cn1c(SCc2ccccn2)nc2ccccc2c1=O. The summed E-state index contributed by atoms with van der Waals surface area (Å²) in [5.41, 5.74) is 1.22. The van der Waals surface area contributed by atoms with Crippen LogP contribution >= 0.6 is 11.8 Å². The van der Waals surface area contributed by atoms with E-state index in [1.807, 2.05) is 24.3 Å².